The number of pyridine rings is 1. The third-order valence-electron chi connectivity index (χ3n) is 8.29. The van der Waals surface area contributed by atoms with E-state index in [2.05, 4.69) is 27.1 Å². The Balaban J connectivity index is 1.35. The second kappa shape index (κ2) is 11.2. The van der Waals surface area contributed by atoms with Gasteiger partial charge >= 0.3 is 12.4 Å². The third kappa shape index (κ3) is 5.83. The molecule has 1 amide bonds. The van der Waals surface area contributed by atoms with Crippen LogP contribution in [-0.2, 0) is 11.0 Å². The number of nitrogens with zero attached hydrogens (tertiary/aromatic N) is 4. The molecule has 3 aliphatic heterocycles. The molecule has 2 aromatic rings. The molecule has 0 aliphatic carbocycles. The van der Waals surface area contributed by atoms with Crippen LogP contribution in [0.2, 0.25) is 0 Å². The van der Waals surface area contributed by atoms with Gasteiger partial charge in [-0.15, -0.1) is 0 Å². The molecule has 3 fully saturated rings. The highest BCUT2D eigenvalue weighted by molar-refractivity contribution is 5.82. The Kier molecular flexibility index (Phi) is 7.99. The second-order valence-electron chi connectivity index (χ2n) is 10.8. The number of benzene rings is 1. The molecule has 4 atom stereocenters. The van der Waals surface area contributed by atoms with Gasteiger partial charge in [0.2, 0.25) is 5.91 Å². The van der Waals surface area contributed by atoms with Crippen LogP contribution in [0, 0.1) is 17.2 Å². The lowest BCUT2D eigenvalue weighted by Gasteiger charge is -2.49. The van der Waals surface area contributed by atoms with E-state index in [4.69, 9.17) is 0 Å². The van der Waals surface area contributed by atoms with Crippen LogP contribution in [-0.4, -0.2) is 64.6 Å². The summed E-state index contributed by atoms with van der Waals surface area (Å²) in [6.45, 7) is 1.08. The second-order valence-corrected chi connectivity index (χ2v) is 10.8. The maximum atomic E-state index is 13.3. The number of hydrogen-bond acceptors (Lipinski definition) is 8. The Morgan fingerprint density at radius 2 is 1.83 bits per heavy atom. The van der Waals surface area contributed by atoms with Crippen molar-refractivity contribution in [3.8, 4) is 6.07 Å². The number of alkyl halides is 6. The standard InChI is InChI=1S/C27H29F6N7O2/c28-26(29,30)17-5-11-35-20(15-17)39-13-8-25(7-10-34,9-14-39)40-19-6-12-36-24(42)21(19)23(38-40)37-18-3-1-16(2-4-18)22(41)27(31,32)33/h1-5,11,15,19,21-23,37-38,41H,6-9,12-14H2,(H,36,42)/t19?,21?,22-,23?/m1/s1. The molecule has 3 unspecified atom stereocenters. The molecule has 9 nitrogen and oxygen atoms in total. The summed E-state index contributed by atoms with van der Waals surface area (Å²) < 4.78 is 78.5. The van der Waals surface area contributed by atoms with E-state index in [1.807, 2.05) is 5.01 Å². The van der Waals surface area contributed by atoms with Crippen molar-refractivity contribution in [2.45, 2.75) is 61.9 Å². The van der Waals surface area contributed by atoms with Gasteiger partial charge < -0.3 is 20.6 Å². The number of anilines is 2. The van der Waals surface area contributed by atoms with Crippen molar-refractivity contribution in [2.24, 2.45) is 5.92 Å². The Morgan fingerprint density at radius 1 is 1.14 bits per heavy atom. The highest BCUT2D eigenvalue weighted by atomic mass is 19.4. The van der Waals surface area contributed by atoms with Gasteiger partial charge in [0.1, 0.15) is 12.0 Å². The number of aromatic nitrogens is 1. The predicted octanol–water partition coefficient (Wildman–Crippen LogP) is 3.71. The van der Waals surface area contributed by atoms with Crippen LogP contribution in [0.1, 0.15) is 42.9 Å². The van der Waals surface area contributed by atoms with Crippen LogP contribution in [0.5, 0.6) is 0 Å². The molecule has 0 saturated carbocycles. The number of hydrogen-bond donors (Lipinski definition) is 4. The smallest absolute Gasteiger partial charge is 0.379 e. The van der Waals surface area contributed by atoms with Crippen LogP contribution >= 0.6 is 0 Å². The van der Waals surface area contributed by atoms with Crippen LogP contribution in [0.3, 0.4) is 0 Å². The molecule has 15 heteroatoms. The van der Waals surface area contributed by atoms with Gasteiger partial charge in [0.25, 0.3) is 0 Å². The van der Waals surface area contributed by atoms with Crippen LogP contribution < -0.4 is 21.0 Å². The number of carbonyl (C=O) groups excluding carboxylic acids is 1. The van der Waals surface area contributed by atoms with Crippen LogP contribution in [0.4, 0.5) is 37.8 Å². The number of halogens is 6. The summed E-state index contributed by atoms with van der Waals surface area (Å²) in [6.07, 6.45) is -9.98. The first-order valence-electron chi connectivity index (χ1n) is 13.4. The molecule has 1 aromatic carbocycles. The fourth-order valence-corrected chi connectivity index (χ4v) is 6.12. The Labute approximate surface area is 237 Å². The average molecular weight is 598 g/mol. The maximum Gasteiger partial charge on any atom is 0.418 e. The number of rotatable bonds is 6. The number of hydrazine groups is 1. The number of aliphatic hydroxyl groups excluding tert-OH is 1. The number of carbonyl (C=O) groups is 1. The largest absolute Gasteiger partial charge is 0.418 e. The Hall–Kier alpha value is -3.61. The van der Waals surface area contributed by atoms with Crippen molar-refractivity contribution < 1.29 is 36.2 Å². The van der Waals surface area contributed by atoms with Crippen molar-refractivity contribution in [1.29, 1.82) is 5.26 Å². The molecule has 4 heterocycles. The zero-order valence-corrected chi connectivity index (χ0v) is 22.2. The van der Waals surface area contributed by atoms with Crippen LogP contribution in [0.15, 0.2) is 42.6 Å². The molecule has 226 valence electrons. The molecule has 0 spiro atoms. The summed E-state index contributed by atoms with van der Waals surface area (Å²) in [5, 5.41) is 27.3. The summed E-state index contributed by atoms with van der Waals surface area (Å²) in [4.78, 5) is 18.9. The first-order chi connectivity index (χ1) is 19.8. The first-order valence-corrected chi connectivity index (χ1v) is 13.4. The number of nitrogens with one attached hydrogen (secondary N) is 3. The van der Waals surface area contributed by atoms with Crippen molar-refractivity contribution in [2.75, 3.05) is 29.9 Å². The monoisotopic (exact) mass is 597 g/mol. The van der Waals surface area contributed by atoms with E-state index in [9.17, 15) is 41.5 Å². The van der Waals surface area contributed by atoms with Crippen molar-refractivity contribution in [3.63, 3.8) is 0 Å². The van der Waals surface area contributed by atoms with E-state index >= 15 is 0 Å². The summed E-state index contributed by atoms with van der Waals surface area (Å²) >= 11 is 0. The minimum Gasteiger partial charge on any atom is -0.379 e. The minimum atomic E-state index is -4.81. The zero-order valence-electron chi connectivity index (χ0n) is 22.2. The molecule has 1 aromatic heterocycles. The fraction of sp³-hybridized carbons (Fsp3) is 0.519. The number of piperidine rings is 2. The molecule has 5 rings (SSSR count). The summed E-state index contributed by atoms with van der Waals surface area (Å²) in [5.74, 6) is -0.628. The van der Waals surface area contributed by atoms with Crippen molar-refractivity contribution in [3.05, 3.63) is 53.7 Å². The first kappa shape index (κ1) is 29.9. The lowest BCUT2D eigenvalue weighted by atomic mass is 9.81. The highest BCUT2D eigenvalue weighted by Gasteiger charge is 2.55. The van der Waals surface area contributed by atoms with E-state index in [-0.39, 0.29) is 29.8 Å². The van der Waals surface area contributed by atoms with Gasteiger partial charge in [-0.1, -0.05) is 12.1 Å². The number of fused-ring (bicyclic) bond motifs is 1. The predicted molar refractivity (Wildman–Crippen MR) is 138 cm³/mol. The number of amides is 1. The number of aliphatic hydroxyl groups is 1. The molecular formula is C27H29F6N7O2. The lowest BCUT2D eigenvalue weighted by molar-refractivity contribution is -0.206. The zero-order chi connectivity index (χ0) is 30.3. The molecular weight excluding hydrogens is 568 g/mol. The van der Waals surface area contributed by atoms with Crippen molar-refractivity contribution >= 4 is 17.4 Å². The normalized spacial score (nSPS) is 25.3. The fourth-order valence-electron chi connectivity index (χ4n) is 6.12. The van der Waals surface area contributed by atoms with Gasteiger partial charge in [0.05, 0.1) is 29.5 Å². The lowest BCUT2D eigenvalue weighted by Crippen LogP contribution is -2.62. The van der Waals surface area contributed by atoms with E-state index in [0.717, 1.165) is 30.5 Å². The topological polar surface area (TPSA) is 117 Å². The Bertz CT molecular complexity index is 1320. The molecule has 0 radical (unpaired) electrons. The van der Waals surface area contributed by atoms with E-state index in [1.54, 1.807) is 4.90 Å². The van der Waals surface area contributed by atoms with E-state index in [1.165, 1.54) is 12.1 Å². The van der Waals surface area contributed by atoms with Gasteiger partial charge in [-0.2, -0.15) is 31.6 Å². The van der Waals surface area contributed by atoms with Gasteiger partial charge in [-0.05, 0) is 49.1 Å². The highest BCUT2D eigenvalue weighted by Crippen LogP contribution is 2.41. The SMILES string of the molecule is N#CCC1(N2NC(Nc3ccc([C@@H](O)C(F)(F)F)cc3)C3C(=O)NCCC32)CCN(c2cc(C(F)(F)F)ccn2)CC1. The molecule has 3 saturated heterocycles. The molecule has 0 bridgehead atoms. The molecule has 3 aliphatic rings. The summed E-state index contributed by atoms with van der Waals surface area (Å²) in [5.41, 5.74) is 1.92. The molecule has 4 N–H and O–H groups in total. The van der Waals surface area contributed by atoms with Gasteiger partial charge in [-0.3, -0.25) is 4.79 Å². The van der Waals surface area contributed by atoms with Gasteiger partial charge in [-0.25, -0.2) is 15.4 Å². The summed E-state index contributed by atoms with van der Waals surface area (Å²) in [6, 6.07) is 8.92. The van der Waals surface area contributed by atoms with E-state index in [0.29, 0.717) is 44.6 Å². The third-order valence-corrected chi connectivity index (χ3v) is 8.29. The minimum absolute atomic E-state index is 0.103. The number of nitriles is 1. The van der Waals surface area contributed by atoms with Crippen molar-refractivity contribution in [1.82, 2.24) is 20.7 Å². The van der Waals surface area contributed by atoms with Gasteiger partial charge in [0.15, 0.2) is 6.10 Å². The summed E-state index contributed by atoms with van der Waals surface area (Å²) in [7, 11) is 0. The van der Waals surface area contributed by atoms with Crippen LogP contribution in [0.25, 0.3) is 0 Å². The average Bonchev–Trinajstić information content (AvgIpc) is 3.33. The van der Waals surface area contributed by atoms with Gasteiger partial charge in [0, 0.05) is 37.6 Å². The quantitative estimate of drug-likeness (QED) is 0.373. The molecule has 42 heavy (non-hydrogen) atoms. The maximum absolute atomic E-state index is 13.3. The Morgan fingerprint density at radius 3 is 2.45 bits per heavy atom. The van der Waals surface area contributed by atoms with E-state index < -0.39 is 41.6 Å².